The van der Waals surface area contributed by atoms with Gasteiger partial charge in [0.15, 0.2) is 0 Å². The third-order valence-electron chi connectivity index (χ3n) is 6.12. The fourth-order valence-electron chi connectivity index (χ4n) is 4.55. The maximum atomic E-state index is 12.0. The number of nitrogens with zero attached hydrogens (tertiary/aromatic N) is 2. The zero-order valence-corrected chi connectivity index (χ0v) is 18.1. The molecule has 162 valence electrons. The van der Waals surface area contributed by atoms with E-state index in [-0.39, 0.29) is 30.1 Å². The summed E-state index contributed by atoms with van der Waals surface area (Å²) >= 11 is 0. The van der Waals surface area contributed by atoms with E-state index in [1.807, 2.05) is 45.0 Å². The quantitative estimate of drug-likeness (QED) is 0.387. The SMILES string of the molecule is CC1=Cc2cc([N+](=O)[O-])ccc2OC12C(C)c1ccccc1N2CCOC(=O)C(C)C. The Hall–Kier alpha value is -3.35. The van der Waals surface area contributed by atoms with Crippen LogP contribution in [0.5, 0.6) is 5.75 Å². The summed E-state index contributed by atoms with van der Waals surface area (Å²) < 4.78 is 12.1. The molecule has 0 bridgehead atoms. The van der Waals surface area contributed by atoms with Gasteiger partial charge in [-0.25, -0.2) is 0 Å². The van der Waals surface area contributed by atoms with Gasteiger partial charge in [-0.1, -0.05) is 39.0 Å². The molecule has 7 nitrogen and oxygen atoms in total. The third-order valence-corrected chi connectivity index (χ3v) is 6.12. The maximum Gasteiger partial charge on any atom is 0.308 e. The molecule has 1 spiro atoms. The zero-order chi connectivity index (χ0) is 22.3. The molecule has 2 aliphatic heterocycles. The van der Waals surface area contributed by atoms with Gasteiger partial charge < -0.3 is 14.4 Å². The first-order valence-corrected chi connectivity index (χ1v) is 10.4. The van der Waals surface area contributed by atoms with Gasteiger partial charge in [-0.3, -0.25) is 14.9 Å². The van der Waals surface area contributed by atoms with Gasteiger partial charge in [0, 0.05) is 29.3 Å². The minimum absolute atomic E-state index is 0.00379. The lowest BCUT2D eigenvalue weighted by atomic mass is 9.85. The van der Waals surface area contributed by atoms with Gasteiger partial charge >= 0.3 is 5.97 Å². The normalized spacial score (nSPS) is 21.4. The smallest absolute Gasteiger partial charge is 0.308 e. The first kappa shape index (κ1) is 20.9. The van der Waals surface area contributed by atoms with E-state index in [0.29, 0.717) is 17.9 Å². The van der Waals surface area contributed by atoms with Crippen LogP contribution >= 0.6 is 0 Å². The van der Waals surface area contributed by atoms with E-state index in [2.05, 4.69) is 17.9 Å². The lowest BCUT2D eigenvalue weighted by Crippen LogP contribution is -2.56. The van der Waals surface area contributed by atoms with Crippen molar-refractivity contribution in [1.82, 2.24) is 0 Å². The Morgan fingerprint density at radius 3 is 2.74 bits per heavy atom. The van der Waals surface area contributed by atoms with E-state index in [1.165, 1.54) is 12.1 Å². The summed E-state index contributed by atoms with van der Waals surface area (Å²) in [4.78, 5) is 24.9. The van der Waals surface area contributed by atoms with Gasteiger partial charge in [0.25, 0.3) is 5.69 Å². The fourth-order valence-corrected chi connectivity index (χ4v) is 4.55. The first-order valence-electron chi connectivity index (χ1n) is 10.4. The minimum Gasteiger partial charge on any atom is -0.464 e. The average Bonchev–Trinajstić information content (AvgIpc) is 2.97. The van der Waals surface area contributed by atoms with Crippen LogP contribution in [0.25, 0.3) is 6.08 Å². The Balaban J connectivity index is 1.73. The van der Waals surface area contributed by atoms with Crippen molar-refractivity contribution in [3.8, 4) is 5.75 Å². The van der Waals surface area contributed by atoms with Crippen molar-refractivity contribution in [3.63, 3.8) is 0 Å². The second-order valence-electron chi connectivity index (χ2n) is 8.36. The van der Waals surface area contributed by atoms with Gasteiger partial charge in [0.2, 0.25) is 5.72 Å². The molecule has 0 fully saturated rings. The Morgan fingerprint density at radius 1 is 1.29 bits per heavy atom. The number of para-hydroxylation sites is 1. The fraction of sp³-hybridized carbons (Fsp3) is 0.375. The number of non-ortho nitro benzene ring substituents is 1. The average molecular weight is 422 g/mol. The predicted molar refractivity (Wildman–Crippen MR) is 118 cm³/mol. The van der Waals surface area contributed by atoms with Crippen molar-refractivity contribution in [2.75, 3.05) is 18.1 Å². The Kier molecular flexibility index (Phi) is 5.21. The first-order chi connectivity index (χ1) is 14.8. The molecule has 2 unspecified atom stereocenters. The number of hydrogen-bond donors (Lipinski definition) is 0. The van der Waals surface area contributed by atoms with Crippen LogP contribution in [0.3, 0.4) is 0 Å². The number of carbonyl (C=O) groups excluding carboxylic acids is 1. The van der Waals surface area contributed by atoms with Gasteiger partial charge in [0.05, 0.1) is 17.4 Å². The summed E-state index contributed by atoms with van der Waals surface area (Å²) in [6.45, 7) is 8.43. The van der Waals surface area contributed by atoms with Crippen LogP contribution in [0.2, 0.25) is 0 Å². The van der Waals surface area contributed by atoms with Crippen LogP contribution in [-0.2, 0) is 9.53 Å². The van der Waals surface area contributed by atoms with Gasteiger partial charge in [-0.2, -0.15) is 0 Å². The van der Waals surface area contributed by atoms with Crippen molar-refractivity contribution in [1.29, 1.82) is 0 Å². The highest BCUT2D eigenvalue weighted by molar-refractivity contribution is 5.74. The molecule has 4 rings (SSSR count). The molecule has 0 N–H and O–H groups in total. The summed E-state index contributed by atoms with van der Waals surface area (Å²) in [7, 11) is 0. The van der Waals surface area contributed by atoms with Crippen molar-refractivity contribution in [3.05, 3.63) is 69.3 Å². The van der Waals surface area contributed by atoms with E-state index < -0.39 is 10.6 Å². The number of fused-ring (bicyclic) bond motifs is 2. The topological polar surface area (TPSA) is 81.9 Å². The molecule has 31 heavy (non-hydrogen) atoms. The van der Waals surface area contributed by atoms with E-state index in [0.717, 1.165) is 16.8 Å². The van der Waals surface area contributed by atoms with Crippen molar-refractivity contribution in [2.24, 2.45) is 5.92 Å². The molecule has 2 aliphatic rings. The maximum absolute atomic E-state index is 12.0. The highest BCUT2D eigenvalue weighted by Gasteiger charge is 2.54. The summed E-state index contributed by atoms with van der Waals surface area (Å²) in [5, 5.41) is 11.2. The van der Waals surface area contributed by atoms with Crippen LogP contribution in [0, 0.1) is 16.0 Å². The molecule has 0 aliphatic carbocycles. The number of ether oxygens (including phenoxy) is 2. The van der Waals surface area contributed by atoms with Crippen molar-refractivity contribution < 1.29 is 19.2 Å². The molecule has 0 aromatic heterocycles. The number of anilines is 1. The van der Waals surface area contributed by atoms with Crippen LogP contribution in [-0.4, -0.2) is 29.8 Å². The molecule has 0 saturated carbocycles. The second-order valence-corrected chi connectivity index (χ2v) is 8.36. The second kappa shape index (κ2) is 7.72. The van der Waals surface area contributed by atoms with E-state index in [1.54, 1.807) is 6.07 Å². The monoisotopic (exact) mass is 422 g/mol. The number of rotatable bonds is 5. The number of esters is 1. The summed E-state index contributed by atoms with van der Waals surface area (Å²) in [6.07, 6.45) is 1.96. The molecule has 0 saturated heterocycles. The highest BCUT2D eigenvalue weighted by atomic mass is 16.6. The van der Waals surface area contributed by atoms with Gasteiger partial charge in [-0.15, -0.1) is 0 Å². The molecular weight excluding hydrogens is 396 g/mol. The summed E-state index contributed by atoms with van der Waals surface area (Å²) in [5.41, 5.74) is 3.05. The molecule has 0 radical (unpaired) electrons. The third kappa shape index (κ3) is 3.34. The molecular formula is C24H26N2O5. The van der Waals surface area contributed by atoms with Crippen LogP contribution in [0.15, 0.2) is 48.0 Å². The molecule has 2 aromatic rings. The van der Waals surface area contributed by atoms with E-state index in [9.17, 15) is 14.9 Å². The predicted octanol–water partition coefficient (Wildman–Crippen LogP) is 4.91. The van der Waals surface area contributed by atoms with Crippen molar-refractivity contribution in [2.45, 2.75) is 39.3 Å². The molecule has 2 heterocycles. The molecule has 7 heteroatoms. The van der Waals surface area contributed by atoms with Gasteiger partial charge in [-0.05, 0) is 36.3 Å². The lowest BCUT2D eigenvalue weighted by Gasteiger charge is -2.45. The number of nitro benzene ring substituents is 1. The molecule has 2 aromatic carbocycles. The highest BCUT2D eigenvalue weighted by Crippen LogP contribution is 2.54. The number of nitro groups is 1. The lowest BCUT2D eigenvalue weighted by molar-refractivity contribution is -0.384. The van der Waals surface area contributed by atoms with Crippen LogP contribution in [0.1, 0.15) is 44.7 Å². The van der Waals surface area contributed by atoms with E-state index in [4.69, 9.17) is 9.47 Å². The van der Waals surface area contributed by atoms with Crippen molar-refractivity contribution >= 4 is 23.4 Å². The Labute approximate surface area is 181 Å². The number of benzene rings is 2. The Bertz CT molecular complexity index is 1080. The minimum atomic E-state index is -0.795. The number of hydrogen-bond acceptors (Lipinski definition) is 6. The standard InChI is InChI=1S/C24H26N2O5/c1-15(2)23(27)30-12-11-25-21-8-6-5-7-20(21)17(4)24(25)16(3)13-18-14-19(26(28)29)9-10-22(18)31-24/h5-10,13-15,17H,11-12H2,1-4H3. The summed E-state index contributed by atoms with van der Waals surface area (Å²) in [6, 6.07) is 12.8. The number of carbonyl (C=O) groups is 1. The summed E-state index contributed by atoms with van der Waals surface area (Å²) in [5.74, 6) is 0.183. The van der Waals surface area contributed by atoms with Gasteiger partial charge in [0.1, 0.15) is 12.4 Å². The molecule has 2 atom stereocenters. The zero-order valence-electron chi connectivity index (χ0n) is 18.1. The molecule has 0 amide bonds. The van der Waals surface area contributed by atoms with Crippen LogP contribution in [0.4, 0.5) is 11.4 Å². The van der Waals surface area contributed by atoms with E-state index >= 15 is 0 Å². The Morgan fingerprint density at radius 2 is 2.03 bits per heavy atom. The largest absolute Gasteiger partial charge is 0.464 e. The van der Waals surface area contributed by atoms with Crippen LogP contribution < -0.4 is 9.64 Å².